The Morgan fingerprint density at radius 1 is 0.337 bits per heavy atom. The molecule has 0 fully saturated rings. The fourth-order valence-electron chi connectivity index (χ4n) is 10.5. The van der Waals surface area contributed by atoms with Crippen LogP contribution >= 0.6 is 15.6 Å². The van der Waals surface area contributed by atoms with Crippen molar-refractivity contribution < 1.29 is 80.2 Å². The van der Waals surface area contributed by atoms with Gasteiger partial charge in [0.2, 0.25) is 0 Å². The van der Waals surface area contributed by atoms with Crippen LogP contribution in [-0.4, -0.2) is 96.7 Å². The van der Waals surface area contributed by atoms with Crippen LogP contribution in [0.5, 0.6) is 0 Å². The van der Waals surface area contributed by atoms with Gasteiger partial charge in [0.05, 0.1) is 26.4 Å². The summed E-state index contributed by atoms with van der Waals surface area (Å²) in [7, 11) is -9.92. The molecule has 0 aliphatic rings. The van der Waals surface area contributed by atoms with E-state index in [-0.39, 0.29) is 25.7 Å². The molecule has 5 atom stereocenters. The second kappa shape index (κ2) is 63.3. The maximum atomic E-state index is 13.0. The molecule has 0 aliphatic carbocycles. The zero-order chi connectivity index (χ0) is 68.0. The number of aliphatic hydroxyl groups excluding tert-OH is 1. The predicted molar refractivity (Wildman–Crippen MR) is 372 cm³/mol. The Hall–Kier alpha value is -2.46. The molecule has 0 saturated heterocycles. The van der Waals surface area contributed by atoms with E-state index in [0.29, 0.717) is 37.5 Å². The lowest BCUT2D eigenvalue weighted by Gasteiger charge is -2.21. The van der Waals surface area contributed by atoms with Crippen LogP contribution in [-0.2, 0) is 65.4 Å². The maximum Gasteiger partial charge on any atom is 0.472 e. The Balaban J connectivity index is 5.20. The monoisotopic (exact) mass is 1350 g/mol. The number of unbranched alkanes of at least 4 members (excludes halogenated alkanes) is 34. The second-order valence-electron chi connectivity index (χ2n) is 27.1. The highest BCUT2D eigenvalue weighted by atomic mass is 31.2. The van der Waals surface area contributed by atoms with E-state index in [2.05, 4.69) is 72.8 Å². The molecule has 0 spiro atoms. The molecule has 0 aliphatic heterocycles. The average Bonchev–Trinajstić information content (AvgIpc) is 2.64. The van der Waals surface area contributed by atoms with Crippen molar-refractivity contribution in [3.8, 4) is 0 Å². The summed E-state index contributed by atoms with van der Waals surface area (Å²) in [6.07, 6.45) is 51.1. The number of hydrogen-bond acceptors (Lipinski definition) is 15. The van der Waals surface area contributed by atoms with Gasteiger partial charge in [-0.25, -0.2) is 9.13 Å². The highest BCUT2D eigenvalue weighted by Gasteiger charge is 2.30. The van der Waals surface area contributed by atoms with E-state index in [9.17, 15) is 43.2 Å². The molecule has 0 aromatic rings. The number of rotatable bonds is 69. The third-order valence-electron chi connectivity index (χ3n) is 16.3. The lowest BCUT2D eigenvalue weighted by Crippen LogP contribution is -2.30. The van der Waals surface area contributed by atoms with E-state index in [1.165, 1.54) is 135 Å². The van der Waals surface area contributed by atoms with Gasteiger partial charge < -0.3 is 33.8 Å². The van der Waals surface area contributed by atoms with Crippen LogP contribution in [0.15, 0.2) is 24.3 Å². The minimum absolute atomic E-state index is 0.0837. The normalized spacial score (nSPS) is 14.3. The Labute approximate surface area is 561 Å². The molecule has 0 aromatic heterocycles. The molecule has 3 N–H and O–H groups in total. The van der Waals surface area contributed by atoms with Crippen LogP contribution in [0.25, 0.3) is 0 Å². The van der Waals surface area contributed by atoms with Gasteiger partial charge in [0.25, 0.3) is 0 Å². The van der Waals surface area contributed by atoms with E-state index in [4.69, 9.17) is 37.0 Å². The Morgan fingerprint density at radius 2 is 0.587 bits per heavy atom. The number of ether oxygens (including phenoxy) is 4. The number of esters is 4. The first-order valence-corrected chi connectivity index (χ1v) is 40.2. The quantitative estimate of drug-likeness (QED) is 0.0169. The number of hydrogen-bond donors (Lipinski definition) is 3. The van der Waals surface area contributed by atoms with Gasteiger partial charge in [0.1, 0.15) is 19.3 Å². The van der Waals surface area contributed by atoms with E-state index in [1.807, 2.05) is 0 Å². The van der Waals surface area contributed by atoms with Crippen molar-refractivity contribution >= 4 is 39.5 Å². The standard InChI is InChI=1S/C73H138O17P2/c1-8-9-10-11-12-13-14-15-17-22-25-28-33-42-49-56-72(77)89-68(60-84-71(76)55-48-41-34-29-31-38-45-52-65(4)5)62-87-91(79,80)85-58-67(74)59-86-92(81,82)88-63-69(90-73(78)57-50-43-36-35-39-46-53-66(6)7)61-83-70(75)54-47-40-32-27-24-21-19-16-18-20-23-26-30-37-44-51-64(2)3/h13-15,17,64-69,74H,8-12,16,18-63H2,1-7H3,(H,79,80)(H,81,82)/b14-13-,17-15-/t67?,68-,69-/m1/s1. The topological polar surface area (TPSA) is 237 Å². The average molecular weight is 1350 g/mol. The van der Waals surface area contributed by atoms with Crippen LogP contribution in [0.3, 0.4) is 0 Å². The number of allylic oxidation sites excluding steroid dienone is 4. The molecule has 0 aromatic carbocycles. The maximum absolute atomic E-state index is 13.0. The Kier molecular flexibility index (Phi) is 61.6. The first-order valence-electron chi connectivity index (χ1n) is 37.2. The van der Waals surface area contributed by atoms with Crippen molar-refractivity contribution in [1.82, 2.24) is 0 Å². The van der Waals surface area contributed by atoms with Gasteiger partial charge in [-0.2, -0.15) is 0 Å². The van der Waals surface area contributed by atoms with Gasteiger partial charge in [0.15, 0.2) is 12.2 Å². The van der Waals surface area contributed by atoms with E-state index in [0.717, 1.165) is 115 Å². The minimum atomic E-state index is -4.96. The summed E-state index contributed by atoms with van der Waals surface area (Å²) < 4.78 is 68.3. The van der Waals surface area contributed by atoms with E-state index < -0.39 is 97.5 Å². The van der Waals surface area contributed by atoms with Gasteiger partial charge in [-0.3, -0.25) is 37.3 Å². The summed E-state index contributed by atoms with van der Waals surface area (Å²) in [5.74, 6) is 0.0155. The Bertz CT molecular complexity index is 1890. The van der Waals surface area contributed by atoms with Gasteiger partial charge in [-0.1, -0.05) is 291 Å². The predicted octanol–water partition coefficient (Wildman–Crippen LogP) is 20.6. The molecule has 0 radical (unpaired) electrons. The third kappa shape index (κ3) is 66.2. The zero-order valence-corrected chi connectivity index (χ0v) is 61.3. The van der Waals surface area contributed by atoms with Crippen molar-refractivity contribution in [2.45, 2.75) is 362 Å². The smallest absolute Gasteiger partial charge is 0.462 e. The molecule has 0 amide bonds. The number of phosphoric acid groups is 2. The number of phosphoric ester groups is 2. The van der Waals surface area contributed by atoms with Crippen LogP contribution in [0, 0.1) is 17.8 Å². The van der Waals surface area contributed by atoms with Crippen molar-refractivity contribution in [2.75, 3.05) is 39.6 Å². The summed E-state index contributed by atoms with van der Waals surface area (Å²) in [6.45, 7) is 11.7. The first kappa shape index (κ1) is 89.5. The van der Waals surface area contributed by atoms with Gasteiger partial charge in [0, 0.05) is 25.7 Å². The van der Waals surface area contributed by atoms with Crippen LogP contribution < -0.4 is 0 Å². The molecule has 3 unspecified atom stereocenters. The highest BCUT2D eigenvalue weighted by Crippen LogP contribution is 2.45. The molecule has 0 saturated carbocycles. The fraction of sp³-hybridized carbons (Fsp3) is 0.890. The molecule has 17 nitrogen and oxygen atoms in total. The second-order valence-corrected chi connectivity index (χ2v) is 30.0. The van der Waals surface area contributed by atoms with Gasteiger partial charge >= 0.3 is 39.5 Å². The van der Waals surface area contributed by atoms with E-state index >= 15 is 0 Å². The number of carbonyl (C=O) groups excluding carboxylic acids is 4. The number of aliphatic hydroxyl groups is 1. The largest absolute Gasteiger partial charge is 0.472 e. The minimum Gasteiger partial charge on any atom is -0.462 e. The SMILES string of the molecule is CCCCCC/C=C\C=C/CCCCCCCC(=O)O[C@H](COC(=O)CCCCCCCCCC(C)C)COP(=O)(O)OCC(O)COP(=O)(O)OC[C@@H](COC(=O)CCCCCCCCCCCCCCCCCC(C)C)OC(=O)CCCCCCCCC(C)C. The molecule has 0 bridgehead atoms. The lowest BCUT2D eigenvalue weighted by molar-refractivity contribution is -0.161. The van der Waals surface area contributed by atoms with Crippen LogP contribution in [0.2, 0.25) is 0 Å². The first-order chi connectivity index (χ1) is 44.2. The molecule has 0 rings (SSSR count). The van der Waals surface area contributed by atoms with Crippen molar-refractivity contribution in [1.29, 1.82) is 0 Å². The van der Waals surface area contributed by atoms with Crippen LogP contribution in [0.1, 0.15) is 344 Å². The van der Waals surface area contributed by atoms with Crippen molar-refractivity contribution in [3.05, 3.63) is 24.3 Å². The zero-order valence-electron chi connectivity index (χ0n) is 59.5. The van der Waals surface area contributed by atoms with Gasteiger partial charge in [-0.05, 0) is 69.1 Å². The number of carbonyl (C=O) groups is 4. The van der Waals surface area contributed by atoms with Gasteiger partial charge in [-0.15, -0.1) is 0 Å². The molecular formula is C73H138O17P2. The lowest BCUT2D eigenvalue weighted by atomic mass is 10.0. The summed E-state index contributed by atoms with van der Waals surface area (Å²) in [5, 5.41) is 10.6. The Morgan fingerprint density at radius 3 is 0.880 bits per heavy atom. The fourth-order valence-corrected chi connectivity index (χ4v) is 12.1. The molecule has 542 valence electrons. The van der Waals surface area contributed by atoms with E-state index in [1.54, 1.807) is 0 Å². The molecule has 0 heterocycles. The van der Waals surface area contributed by atoms with Crippen molar-refractivity contribution in [3.63, 3.8) is 0 Å². The highest BCUT2D eigenvalue weighted by molar-refractivity contribution is 7.47. The molecule has 92 heavy (non-hydrogen) atoms. The van der Waals surface area contributed by atoms with Crippen molar-refractivity contribution in [2.24, 2.45) is 17.8 Å². The summed E-state index contributed by atoms with van der Waals surface area (Å²) in [6, 6.07) is 0. The summed E-state index contributed by atoms with van der Waals surface area (Å²) in [4.78, 5) is 72.5. The molecular weight excluding hydrogens is 1210 g/mol. The van der Waals surface area contributed by atoms with Crippen LogP contribution in [0.4, 0.5) is 0 Å². The molecule has 19 heteroatoms. The third-order valence-corrected chi connectivity index (χ3v) is 18.2. The summed E-state index contributed by atoms with van der Waals surface area (Å²) in [5.41, 5.74) is 0. The summed E-state index contributed by atoms with van der Waals surface area (Å²) >= 11 is 0.